The van der Waals surface area contributed by atoms with E-state index in [-0.39, 0.29) is 11.6 Å². The molecule has 0 aliphatic rings. The topological polar surface area (TPSA) is 102 Å². The summed E-state index contributed by atoms with van der Waals surface area (Å²) in [5.41, 5.74) is 3.67. The van der Waals surface area contributed by atoms with Crippen molar-refractivity contribution in [1.82, 2.24) is 30.1 Å². The number of fused-ring (bicyclic) bond motifs is 1. The maximum atomic E-state index is 13.1. The average molecular weight is 451 g/mol. The molecule has 0 amide bonds. The molecule has 0 aliphatic heterocycles. The molecule has 4 aromatic rings. The third kappa shape index (κ3) is 4.89. The van der Waals surface area contributed by atoms with E-state index in [0.29, 0.717) is 31.8 Å². The summed E-state index contributed by atoms with van der Waals surface area (Å²) in [6.45, 7) is 8.17. The minimum Gasteiger partial charge on any atom is -0.468 e. The van der Waals surface area contributed by atoms with Gasteiger partial charge in [0.2, 0.25) is 0 Å². The van der Waals surface area contributed by atoms with Gasteiger partial charge in [0.1, 0.15) is 5.76 Å². The maximum Gasteiger partial charge on any atom is 0.252 e. The lowest BCUT2D eigenvalue weighted by atomic mass is 10.0. The third-order valence-corrected chi connectivity index (χ3v) is 6.03. The summed E-state index contributed by atoms with van der Waals surface area (Å²) in [6, 6.07) is 9.81. The van der Waals surface area contributed by atoms with Crippen LogP contribution in [0.3, 0.4) is 0 Å². The normalized spacial score (nSPS) is 12.6. The fourth-order valence-corrected chi connectivity index (χ4v) is 4.22. The highest BCUT2D eigenvalue weighted by Crippen LogP contribution is 2.27. The number of nitrogens with zero attached hydrogens (tertiary/aromatic N) is 5. The van der Waals surface area contributed by atoms with Gasteiger partial charge in [-0.1, -0.05) is 19.1 Å². The van der Waals surface area contributed by atoms with Crippen LogP contribution in [0.5, 0.6) is 0 Å². The Bertz CT molecular complexity index is 1260. The molecule has 33 heavy (non-hydrogen) atoms. The first-order valence-electron chi connectivity index (χ1n) is 11.1. The van der Waals surface area contributed by atoms with E-state index in [2.05, 4.69) is 45.3 Å². The Morgan fingerprint density at radius 3 is 2.76 bits per heavy atom. The molecule has 0 saturated heterocycles. The number of furan rings is 1. The first-order valence-corrected chi connectivity index (χ1v) is 11.1. The second-order valence-electron chi connectivity index (χ2n) is 8.27. The van der Waals surface area contributed by atoms with Crippen LogP contribution in [0, 0.1) is 13.8 Å². The van der Waals surface area contributed by atoms with Crippen molar-refractivity contribution in [3.05, 3.63) is 75.2 Å². The van der Waals surface area contributed by atoms with Gasteiger partial charge >= 0.3 is 0 Å². The minimum atomic E-state index is -0.115. The number of hydrogen-bond acceptors (Lipinski definition) is 7. The van der Waals surface area contributed by atoms with Crippen LogP contribution in [-0.4, -0.2) is 43.8 Å². The molecular formula is C24H30N6O3. The average Bonchev–Trinajstić information content (AvgIpc) is 3.49. The number of tetrazole rings is 1. The van der Waals surface area contributed by atoms with E-state index in [1.54, 1.807) is 18.1 Å². The lowest BCUT2D eigenvalue weighted by Gasteiger charge is -2.29. The van der Waals surface area contributed by atoms with Gasteiger partial charge in [-0.2, -0.15) is 0 Å². The maximum absolute atomic E-state index is 13.1. The summed E-state index contributed by atoms with van der Waals surface area (Å²) < 4.78 is 12.6. The van der Waals surface area contributed by atoms with E-state index in [0.717, 1.165) is 40.0 Å². The van der Waals surface area contributed by atoms with Crippen molar-refractivity contribution in [2.75, 3.05) is 13.7 Å². The summed E-state index contributed by atoms with van der Waals surface area (Å²) in [4.78, 5) is 18.4. The summed E-state index contributed by atoms with van der Waals surface area (Å²) in [6.07, 6.45) is 2.42. The van der Waals surface area contributed by atoms with Crippen LogP contribution in [0.25, 0.3) is 10.9 Å². The zero-order valence-corrected chi connectivity index (χ0v) is 19.5. The number of H-pyrrole nitrogens is 1. The van der Waals surface area contributed by atoms with Crippen molar-refractivity contribution >= 4 is 10.9 Å². The predicted octanol–water partition coefficient (Wildman–Crippen LogP) is 3.52. The van der Waals surface area contributed by atoms with Gasteiger partial charge in [-0.05, 0) is 60.0 Å². The molecule has 9 nitrogen and oxygen atoms in total. The number of hydrogen-bond donors (Lipinski definition) is 1. The van der Waals surface area contributed by atoms with Crippen LogP contribution in [0.15, 0.2) is 45.8 Å². The standard InChI is InChI=1S/C24H30N6O3/c1-5-21(23-26-27-28-30(23)10-12-32-4)29(15-19-7-6-11-33-19)14-18-13-20-16(2)8-9-17(3)22(20)25-24(18)31/h6-9,11,13,21H,5,10,12,14-15H2,1-4H3,(H,25,31)/t21-/m1/s1. The lowest BCUT2D eigenvalue weighted by molar-refractivity contribution is 0.142. The van der Waals surface area contributed by atoms with E-state index in [1.807, 2.05) is 31.2 Å². The summed E-state index contributed by atoms with van der Waals surface area (Å²) in [7, 11) is 1.65. The van der Waals surface area contributed by atoms with Crippen LogP contribution in [0.1, 0.15) is 47.7 Å². The quantitative estimate of drug-likeness (QED) is 0.394. The van der Waals surface area contributed by atoms with Gasteiger partial charge in [0.05, 0.1) is 37.5 Å². The van der Waals surface area contributed by atoms with Crippen molar-refractivity contribution in [2.45, 2.75) is 52.9 Å². The zero-order chi connectivity index (χ0) is 23.4. The zero-order valence-electron chi connectivity index (χ0n) is 19.5. The molecule has 0 aliphatic carbocycles. The van der Waals surface area contributed by atoms with Gasteiger partial charge in [-0.25, -0.2) is 4.68 Å². The SMILES string of the molecule is CC[C@H](c1nnnn1CCOC)N(Cc1ccco1)Cc1cc2c(C)ccc(C)c2[nH]c1=O. The Labute approximate surface area is 192 Å². The van der Waals surface area contributed by atoms with Crippen molar-refractivity contribution in [3.8, 4) is 0 Å². The van der Waals surface area contributed by atoms with Crippen LogP contribution < -0.4 is 5.56 Å². The van der Waals surface area contributed by atoms with E-state index in [9.17, 15) is 4.79 Å². The molecule has 0 spiro atoms. The fourth-order valence-electron chi connectivity index (χ4n) is 4.22. The van der Waals surface area contributed by atoms with Crippen LogP contribution in [0.2, 0.25) is 0 Å². The van der Waals surface area contributed by atoms with Crippen LogP contribution in [-0.2, 0) is 24.4 Å². The molecule has 0 unspecified atom stereocenters. The minimum absolute atomic E-state index is 0.0885. The van der Waals surface area contributed by atoms with Crippen molar-refractivity contribution in [2.24, 2.45) is 0 Å². The molecule has 0 radical (unpaired) electrons. The highest BCUT2D eigenvalue weighted by Gasteiger charge is 2.26. The molecule has 0 saturated carbocycles. The molecule has 4 rings (SSSR count). The fraction of sp³-hybridized carbons (Fsp3) is 0.417. The van der Waals surface area contributed by atoms with Crippen molar-refractivity contribution in [3.63, 3.8) is 0 Å². The molecule has 174 valence electrons. The number of aromatic amines is 1. The number of aryl methyl sites for hydroxylation is 2. The first kappa shape index (κ1) is 22.9. The number of aromatic nitrogens is 5. The van der Waals surface area contributed by atoms with Crippen LogP contribution >= 0.6 is 0 Å². The second kappa shape index (κ2) is 10.1. The monoisotopic (exact) mass is 450 g/mol. The van der Waals surface area contributed by atoms with Crippen molar-refractivity contribution < 1.29 is 9.15 Å². The Morgan fingerprint density at radius 2 is 2.03 bits per heavy atom. The van der Waals surface area contributed by atoms with Crippen molar-refractivity contribution in [1.29, 1.82) is 0 Å². The number of methoxy groups -OCH3 is 1. The largest absolute Gasteiger partial charge is 0.468 e. The van der Waals surface area contributed by atoms with Crippen LogP contribution in [0.4, 0.5) is 0 Å². The smallest absolute Gasteiger partial charge is 0.252 e. The molecular weight excluding hydrogens is 420 g/mol. The Hall–Kier alpha value is -3.30. The predicted molar refractivity (Wildman–Crippen MR) is 125 cm³/mol. The highest BCUT2D eigenvalue weighted by atomic mass is 16.5. The number of rotatable bonds is 10. The van der Waals surface area contributed by atoms with Gasteiger partial charge in [0, 0.05) is 24.6 Å². The number of benzene rings is 1. The van der Waals surface area contributed by atoms with E-state index in [1.165, 1.54) is 0 Å². The van der Waals surface area contributed by atoms with E-state index >= 15 is 0 Å². The Morgan fingerprint density at radius 1 is 1.21 bits per heavy atom. The van der Waals surface area contributed by atoms with E-state index < -0.39 is 0 Å². The number of nitrogens with one attached hydrogen (secondary N) is 1. The summed E-state index contributed by atoms with van der Waals surface area (Å²) in [5.74, 6) is 1.55. The Kier molecular flexibility index (Phi) is 7.00. The van der Waals surface area contributed by atoms with Gasteiger partial charge in [-0.15, -0.1) is 5.10 Å². The van der Waals surface area contributed by atoms with Gasteiger partial charge in [-0.3, -0.25) is 9.69 Å². The molecule has 0 fully saturated rings. The van der Waals surface area contributed by atoms with E-state index in [4.69, 9.17) is 9.15 Å². The van der Waals surface area contributed by atoms with Gasteiger partial charge < -0.3 is 14.1 Å². The Balaban J connectivity index is 1.74. The van der Waals surface area contributed by atoms with Gasteiger partial charge in [0.25, 0.3) is 5.56 Å². The number of pyridine rings is 1. The molecule has 3 heterocycles. The summed E-state index contributed by atoms with van der Waals surface area (Å²) in [5, 5.41) is 13.4. The molecule has 1 aromatic carbocycles. The first-order chi connectivity index (χ1) is 16.0. The summed E-state index contributed by atoms with van der Waals surface area (Å²) >= 11 is 0. The molecule has 1 atom stereocenters. The molecule has 9 heteroatoms. The molecule has 3 aromatic heterocycles. The molecule has 0 bridgehead atoms. The lowest BCUT2D eigenvalue weighted by Crippen LogP contribution is -2.32. The second-order valence-corrected chi connectivity index (χ2v) is 8.27. The highest BCUT2D eigenvalue weighted by molar-refractivity contribution is 5.85. The van der Waals surface area contributed by atoms with Gasteiger partial charge in [0.15, 0.2) is 5.82 Å². The number of ether oxygens (including phenoxy) is 1. The molecule has 1 N–H and O–H groups in total. The third-order valence-electron chi connectivity index (χ3n) is 6.03.